The molecule has 0 aliphatic carbocycles. The van der Waals surface area contributed by atoms with E-state index in [1.165, 1.54) is 6.92 Å². The Morgan fingerprint density at radius 2 is 2.08 bits per heavy atom. The first-order valence-corrected chi connectivity index (χ1v) is 3.77. The van der Waals surface area contributed by atoms with Crippen molar-refractivity contribution in [3.63, 3.8) is 0 Å². The number of nitrogens with one attached hydrogen (secondary N) is 1. The SMILES string of the molecule is CN[C@H]1[C@@H](O)[C@@H](O)O[C@H]1C(C)=O. The fourth-order valence-corrected chi connectivity index (χ4v) is 1.34. The Morgan fingerprint density at radius 3 is 2.42 bits per heavy atom. The average molecular weight is 175 g/mol. The Balaban J connectivity index is 2.71. The summed E-state index contributed by atoms with van der Waals surface area (Å²) in [5.74, 6) is -0.204. The molecular formula is C7H13NO4. The van der Waals surface area contributed by atoms with Gasteiger partial charge in [-0.2, -0.15) is 0 Å². The van der Waals surface area contributed by atoms with Gasteiger partial charge < -0.3 is 20.3 Å². The van der Waals surface area contributed by atoms with Gasteiger partial charge in [0.05, 0.1) is 6.04 Å². The van der Waals surface area contributed by atoms with Gasteiger partial charge in [0.15, 0.2) is 12.1 Å². The van der Waals surface area contributed by atoms with E-state index in [0.717, 1.165) is 0 Å². The number of ether oxygens (including phenoxy) is 1. The molecule has 0 aromatic rings. The minimum atomic E-state index is -1.27. The van der Waals surface area contributed by atoms with E-state index in [1.807, 2.05) is 0 Å². The molecule has 0 aromatic carbocycles. The number of ketones is 1. The molecule has 5 heteroatoms. The van der Waals surface area contributed by atoms with E-state index in [-0.39, 0.29) is 5.78 Å². The number of aliphatic hydroxyl groups is 2. The summed E-state index contributed by atoms with van der Waals surface area (Å²) in [4.78, 5) is 10.9. The smallest absolute Gasteiger partial charge is 0.183 e. The highest BCUT2D eigenvalue weighted by molar-refractivity contribution is 5.81. The molecular weight excluding hydrogens is 162 g/mol. The fraction of sp³-hybridized carbons (Fsp3) is 0.857. The quantitative estimate of drug-likeness (QED) is 0.463. The summed E-state index contributed by atoms with van der Waals surface area (Å²) in [5, 5.41) is 21.1. The van der Waals surface area contributed by atoms with Crippen molar-refractivity contribution in [3.05, 3.63) is 0 Å². The average Bonchev–Trinajstić information content (AvgIpc) is 2.29. The van der Waals surface area contributed by atoms with Crippen LogP contribution in [0.4, 0.5) is 0 Å². The monoisotopic (exact) mass is 175 g/mol. The van der Waals surface area contributed by atoms with Gasteiger partial charge in [-0.1, -0.05) is 0 Å². The molecule has 0 bridgehead atoms. The molecule has 1 fully saturated rings. The predicted molar refractivity (Wildman–Crippen MR) is 40.4 cm³/mol. The maximum atomic E-state index is 10.9. The molecule has 0 saturated carbocycles. The van der Waals surface area contributed by atoms with Crippen LogP contribution in [0.25, 0.3) is 0 Å². The van der Waals surface area contributed by atoms with Crippen LogP contribution in [0.3, 0.4) is 0 Å². The van der Waals surface area contributed by atoms with Crippen molar-refractivity contribution in [2.24, 2.45) is 0 Å². The van der Waals surface area contributed by atoms with Crippen molar-refractivity contribution >= 4 is 5.78 Å². The summed E-state index contributed by atoms with van der Waals surface area (Å²) in [6.45, 7) is 1.36. The largest absolute Gasteiger partial charge is 0.386 e. The van der Waals surface area contributed by atoms with Gasteiger partial charge >= 0.3 is 0 Å². The van der Waals surface area contributed by atoms with Gasteiger partial charge in [-0.15, -0.1) is 0 Å². The molecule has 1 saturated heterocycles. The molecule has 5 nitrogen and oxygen atoms in total. The number of likely N-dealkylation sites (N-methyl/N-ethyl adjacent to an activating group) is 1. The van der Waals surface area contributed by atoms with Crippen LogP contribution in [-0.2, 0) is 9.53 Å². The summed E-state index contributed by atoms with van der Waals surface area (Å²) >= 11 is 0. The summed E-state index contributed by atoms with van der Waals surface area (Å²) in [6.07, 6.45) is -3.06. The Labute approximate surface area is 70.3 Å². The van der Waals surface area contributed by atoms with Gasteiger partial charge in [0, 0.05) is 0 Å². The van der Waals surface area contributed by atoms with Crippen LogP contribution < -0.4 is 5.32 Å². The highest BCUT2D eigenvalue weighted by Crippen LogP contribution is 2.19. The van der Waals surface area contributed by atoms with Gasteiger partial charge in [-0.3, -0.25) is 4.79 Å². The molecule has 70 valence electrons. The first-order valence-electron chi connectivity index (χ1n) is 3.77. The summed E-state index contributed by atoms with van der Waals surface area (Å²) in [7, 11) is 1.60. The van der Waals surface area contributed by atoms with Crippen molar-refractivity contribution in [1.82, 2.24) is 5.32 Å². The molecule has 12 heavy (non-hydrogen) atoms. The lowest BCUT2D eigenvalue weighted by molar-refractivity contribution is -0.147. The number of carbonyl (C=O) groups is 1. The minimum Gasteiger partial charge on any atom is -0.386 e. The molecule has 1 rings (SSSR count). The molecule has 1 aliphatic heterocycles. The first kappa shape index (κ1) is 9.60. The molecule has 0 amide bonds. The first-order chi connectivity index (χ1) is 5.57. The van der Waals surface area contributed by atoms with Crippen LogP contribution in [0.15, 0.2) is 0 Å². The van der Waals surface area contributed by atoms with E-state index in [0.29, 0.717) is 0 Å². The highest BCUT2D eigenvalue weighted by atomic mass is 16.6. The molecule has 0 unspecified atom stereocenters. The third kappa shape index (κ3) is 1.49. The van der Waals surface area contributed by atoms with Gasteiger partial charge in [0.1, 0.15) is 12.2 Å². The molecule has 4 atom stereocenters. The molecule has 3 N–H and O–H groups in total. The molecule has 0 radical (unpaired) electrons. The predicted octanol–water partition coefficient (Wildman–Crippen LogP) is -1.76. The van der Waals surface area contributed by atoms with E-state index in [1.54, 1.807) is 7.05 Å². The van der Waals surface area contributed by atoms with Crippen LogP contribution >= 0.6 is 0 Å². The number of carbonyl (C=O) groups excluding carboxylic acids is 1. The Bertz CT molecular complexity index is 184. The third-order valence-electron chi connectivity index (χ3n) is 2.01. The van der Waals surface area contributed by atoms with Crippen molar-refractivity contribution in [1.29, 1.82) is 0 Å². The second-order valence-electron chi connectivity index (χ2n) is 2.86. The summed E-state index contributed by atoms with van der Waals surface area (Å²) in [5.41, 5.74) is 0. The Kier molecular flexibility index (Phi) is 2.79. The van der Waals surface area contributed by atoms with Crippen LogP contribution in [0.5, 0.6) is 0 Å². The van der Waals surface area contributed by atoms with E-state index in [9.17, 15) is 9.90 Å². The molecule has 0 spiro atoms. The maximum Gasteiger partial charge on any atom is 0.183 e. The van der Waals surface area contributed by atoms with E-state index >= 15 is 0 Å². The topological polar surface area (TPSA) is 78.8 Å². The van der Waals surface area contributed by atoms with Gasteiger partial charge in [0.25, 0.3) is 0 Å². The Morgan fingerprint density at radius 1 is 1.50 bits per heavy atom. The van der Waals surface area contributed by atoms with Crippen LogP contribution in [0.1, 0.15) is 6.92 Å². The summed E-state index contributed by atoms with van der Waals surface area (Å²) in [6, 6.07) is -0.516. The standard InChI is InChI=1S/C7H13NO4/c1-3(9)6-4(8-2)5(10)7(11)12-6/h4-8,10-11H,1-2H3/t4-,5+,6-,7-/m0/s1. The number of rotatable bonds is 2. The lowest BCUT2D eigenvalue weighted by Crippen LogP contribution is -2.45. The number of hydrogen-bond acceptors (Lipinski definition) is 5. The van der Waals surface area contributed by atoms with E-state index < -0.39 is 24.5 Å². The van der Waals surface area contributed by atoms with Crippen LogP contribution in [-0.4, -0.2) is 47.6 Å². The number of Topliss-reactive ketones (excluding diaryl/α,β-unsaturated/α-hetero) is 1. The van der Waals surface area contributed by atoms with Crippen molar-refractivity contribution in [2.75, 3.05) is 7.05 Å². The summed E-state index contributed by atoms with van der Waals surface area (Å²) < 4.78 is 4.83. The minimum absolute atomic E-state index is 0.204. The van der Waals surface area contributed by atoms with Crippen molar-refractivity contribution in [2.45, 2.75) is 31.5 Å². The zero-order valence-corrected chi connectivity index (χ0v) is 7.02. The molecule has 0 aromatic heterocycles. The lowest BCUT2D eigenvalue weighted by Gasteiger charge is -2.16. The van der Waals surface area contributed by atoms with E-state index in [4.69, 9.17) is 9.84 Å². The number of hydrogen-bond donors (Lipinski definition) is 3. The highest BCUT2D eigenvalue weighted by Gasteiger charge is 2.44. The number of aliphatic hydroxyl groups excluding tert-OH is 2. The third-order valence-corrected chi connectivity index (χ3v) is 2.01. The van der Waals surface area contributed by atoms with Crippen LogP contribution in [0.2, 0.25) is 0 Å². The fourth-order valence-electron chi connectivity index (χ4n) is 1.34. The van der Waals surface area contributed by atoms with Gasteiger partial charge in [-0.25, -0.2) is 0 Å². The van der Waals surface area contributed by atoms with Crippen molar-refractivity contribution in [3.8, 4) is 0 Å². The van der Waals surface area contributed by atoms with Crippen LogP contribution in [0, 0.1) is 0 Å². The lowest BCUT2D eigenvalue weighted by atomic mass is 10.1. The second kappa shape index (κ2) is 3.49. The van der Waals surface area contributed by atoms with Gasteiger partial charge in [0.2, 0.25) is 0 Å². The van der Waals surface area contributed by atoms with Crippen molar-refractivity contribution < 1.29 is 19.7 Å². The van der Waals surface area contributed by atoms with E-state index in [2.05, 4.69) is 5.32 Å². The molecule has 1 aliphatic rings. The zero-order valence-electron chi connectivity index (χ0n) is 7.02. The molecule has 1 heterocycles. The zero-order chi connectivity index (χ0) is 9.30. The van der Waals surface area contributed by atoms with Gasteiger partial charge in [-0.05, 0) is 14.0 Å². The maximum absolute atomic E-state index is 10.9. The normalized spacial score (nSPS) is 41.7. The Hall–Kier alpha value is -0.490. The second-order valence-corrected chi connectivity index (χ2v) is 2.86.